The molecule has 2 heterocycles. The molecule has 160 valence electrons. The quantitative estimate of drug-likeness (QED) is 0.515. The summed E-state index contributed by atoms with van der Waals surface area (Å²) in [6.45, 7) is 3.09. The zero-order valence-corrected chi connectivity index (χ0v) is 18.4. The molecule has 0 bridgehead atoms. The summed E-state index contributed by atoms with van der Waals surface area (Å²) < 4.78 is 0. The van der Waals surface area contributed by atoms with Crippen molar-refractivity contribution in [2.45, 2.75) is 25.2 Å². The molecular formula is C25H27ClN4O. The number of urea groups is 1. The van der Waals surface area contributed by atoms with Crippen LogP contribution in [0.25, 0.3) is 16.5 Å². The zero-order valence-electron chi connectivity index (χ0n) is 17.7. The molecule has 1 aromatic heterocycles. The van der Waals surface area contributed by atoms with Crippen LogP contribution in [0.3, 0.4) is 0 Å². The van der Waals surface area contributed by atoms with Crippen molar-refractivity contribution in [1.82, 2.24) is 15.2 Å². The van der Waals surface area contributed by atoms with Crippen LogP contribution in [0.15, 0.2) is 48.7 Å². The van der Waals surface area contributed by atoms with E-state index in [1.54, 1.807) is 7.05 Å². The Morgan fingerprint density at radius 1 is 1.23 bits per heavy atom. The molecule has 1 aliphatic heterocycles. The number of carbonyl (C=O) groups is 1. The monoisotopic (exact) mass is 434 g/mol. The number of nitrogens with zero attached hydrogens (tertiary/aromatic N) is 1. The molecule has 5 nitrogen and oxygen atoms in total. The molecular weight excluding hydrogens is 408 g/mol. The molecule has 3 aromatic rings. The standard InChI is InChI=1S/C25H27ClN4O/c1-27-25(31)29-20-6-4-16-2-3-18(22(16)13-20)15-30-10-8-17(9-11-30)23-14-28-24-12-19(26)5-7-21(23)24/h4-8,12-14,18,28H,2-3,9-11,15H2,1H3,(H2,27,29,31). The Hall–Kier alpha value is -2.76. The highest BCUT2D eigenvalue weighted by Gasteiger charge is 2.26. The third-order valence-electron chi connectivity index (χ3n) is 6.59. The number of rotatable bonds is 4. The SMILES string of the molecule is CNC(=O)Nc1ccc2c(c1)C(CN1CC=C(c3c[nH]c4cc(Cl)ccc34)CC1)CC2. The van der Waals surface area contributed by atoms with Gasteiger partial charge in [0.15, 0.2) is 0 Å². The molecule has 1 atom stereocenters. The number of anilines is 1. The molecule has 0 saturated heterocycles. The molecule has 2 amide bonds. The maximum absolute atomic E-state index is 11.7. The van der Waals surface area contributed by atoms with Gasteiger partial charge in [-0.25, -0.2) is 4.79 Å². The van der Waals surface area contributed by atoms with Gasteiger partial charge >= 0.3 is 6.03 Å². The average Bonchev–Trinajstić information content (AvgIpc) is 3.38. The van der Waals surface area contributed by atoms with Crippen LogP contribution in [0.4, 0.5) is 10.5 Å². The number of hydrogen-bond acceptors (Lipinski definition) is 2. The van der Waals surface area contributed by atoms with Crippen molar-refractivity contribution in [3.63, 3.8) is 0 Å². The van der Waals surface area contributed by atoms with E-state index in [-0.39, 0.29) is 6.03 Å². The molecule has 0 saturated carbocycles. The van der Waals surface area contributed by atoms with Crippen molar-refractivity contribution < 1.29 is 4.79 Å². The maximum Gasteiger partial charge on any atom is 0.318 e. The fraction of sp³-hybridized carbons (Fsp3) is 0.320. The van der Waals surface area contributed by atoms with Crippen LogP contribution in [0.5, 0.6) is 0 Å². The first-order valence-electron chi connectivity index (χ1n) is 10.9. The van der Waals surface area contributed by atoms with Crippen molar-refractivity contribution >= 4 is 39.8 Å². The predicted octanol–water partition coefficient (Wildman–Crippen LogP) is 5.39. The summed E-state index contributed by atoms with van der Waals surface area (Å²) in [4.78, 5) is 17.6. The van der Waals surface area contributed by atoms with Crippen LogP contribution < -0.4 is 10.6 Å². The summed E-state index contributed by atoms with van der Waals surface area (Å²) in [7, 11) is 1.63. The number of halogens is 1. The summed E-state index contributed by atoms with van der Waals surface area (Å²) in [5.41, 5.74) is 7.46. The van der Waals surface area contributed by atoms with Gasteiger partial charge in [0.05, 0.1) is 0 Å². The third kappa shape index (κ3) is 4.08. The van der Waals surface area contributed by atoms with Crippen molar-refractivity contribution in [3.05, 3.63) is 70.4 Å². The molecule has 3 N–H and O–H groups in total. The van der Waals surface area contributed by atoms with Crippen LogP contribution in [-0.2, 0) is 6.42 Å². The molecule has 5 rings (SSSR count). The minimum absolute atomic E-state index is 0.178. The number of aromatic nitrogens is 1. The third-order valence-corrected chi connectivity index (χ3v) is 6.83. The van der Waals surface area contributed by atoms with E-state index in [1.807, 2.05) is 18.2 Å². The fourth-order valence-electron chi connectivity index (χ4n) is 4.95. The molecule has 2 aliphatic rings. The van der Waals surface area contributed by atoms with E-state index in [9.17, 15) is 4.79 Å². The lowest BCUT2D eigenvalue weighted by atomic mass is 9.96. The highest BCUT2D eigenvalue weighted by Crippen LogP contribution is 2.37. The molecule has 2 aromatic carbocycles. The Kier molecular flexibility index (Phi) is 5.47. The lowest BCUT2D eigenvalue weighted by Crippen LogP contribution is -2.32. The van der Waals surface area contributed by atoms with E-state index in [0.29, 0.717) is 5.92 Å². The zero-order chi connectivity index (χ0) is 21.4. The van der Waals surface area contributed by atoms with Crippen molar-refractivity contribution in [3.8, 4) is 0 Å². The van der Waals surface area contributed by atoms with Gasteiger partial charge in [-0.3, -0.25) is 4.90 Å². The average molecular weight is 435 g/mol. The summed E-state index contributed by atoms with van der Waals surface area (Å²) in [6.07, 6.45) is 7.83. The minimum Gasteiger partial charge on any atom is -0.361 e. The topological polar surface area (TPSA) is 60.2 Å². The molecule has 0 fully saturated rings. The number of amides is 2. The number of aromatic amines is 1. The van der Waals surface area contributed by atoms with Gasteiger partial charge in [0.25, 0.3) is 0 Å². The van der Waals surface area contributed by atoms with Crippen molar-refractivity contribution in [1.29, 1.82) is 0 Å². The first kappa shape index (κ1) is 20.2. The van der Waals surface area contributed by atoms with E-state index in [2.05, 4.69) is 51.0 Å². The predicted molar refractivity (Wildman–Crippen MR) is 128 cm³/mol. The molecule has 1 aliphatic carbocycles. The maximum atomic E-state index is 11.7. The number of hydrogen-bond donors (Lipinski definition) is 3. The smallest absolute Gasteiger partial charge is 0.318 e. The second-order valence-electron chi connectivity index (χ2n) is 8.48. The van der Waals surface area contributed by atoms with E-state index in [1.165, 1.54) is 34.1 Å². The van der Waals surface area contributed by atoms with Crippen LogP contribution in [0, 0.1) is 0 Å². The van der Waals surface area contributed by atoms with Crippen LogP contribution in [-0.4, -0.2) is 42.6 Å². The van der Waals surface area contributed by atoms with Crippen LogP contribution >= 0.6 is 11.6 Å². The van der Waals surface area contributed by atoms with Gasteiger partial charge in [-0.2, -0.15) is 0 Å². The van der Waals surface area contributed by atoms with E-state index < -0.39 is 0 Å². The van der Waals surface area contributed by atoms with Gasteiger partial charge in [0.1, 0.15) is 0 Å². The summed E-state index contributed by atoms with van der Waals surface area (Å²) in [6, 6.07) is 12.2. The van der Waals surface area contributed by atoms with Gasteiger partial charge in [-0.1, -0.05) is 29.8 Å². The normalized spacial score (nSPS) is 18.6. The highest BCUT2D eigenvalue weighted by molar-refractivity contribution is 6.31. The van der Waals surface area contributed by atoms with Gasteiger partial charge in [0.2, 0.25) is 0 Å². The Balaban J connectivity index is 1.28. The molecule has 0 radical (unpaired) electrons. The largest absolute Gasteiger partial charge is 0.361 e. The van der Waals surface area contributed by atoms with Crippen LogP contribution in [0.1, 0.15) is 35.4 Å². The lowest BCUT2D eigenvalue weighted by Gasteiger charge is -2.29. The first-order chi connectivity index (χ1) is 15.1. The lowest BCUT2D eigenvalue weighted by molar-refractivity contribution is 0.254. The van der Waals surface area contributed by atoms with Gasteiger partial charge < -0.3 is 15.6 Å². The van der Waals surface area contributed by atoms with Gasteiger partial charge in [0, 0.05) is 60.1 Å². The Labute approximate surface area is 187 Å². The molecule has 6 heteroatoms. The Bertz CT molecular complexity index is 1170. The number of aryl methyl sites for hydroxylation is 1. The first-order valence-corrected chi connectivity index (χ1v) is 11.3. The summed E-state index contributed by atoms with van der Waals surface area (Å²) in [5, 5.41) is 7.51. The number of fused-ring (bicyclic) bond motifs is 2. The number of H-pyrrole nitrogens is 1. The minimum atomic E-state index is -0.178. The highest BCUT2D eigenvalue weighted by atomic mass is 35.5. The van der Waals surface area contributed by atoms with E-state index in [4.69, 9.17) is 11.6 Å². The number of carbonyl (C=O) groups excluding carboxylic acids is 1. The number of benzene rings is 2. The van der Waals surface area contributed by atoms with Gasteiger partial charge in [-0.15, -0.1) is 0 Å². The molecule has 31 heavy (non-hydrogen) atoms. The van der Waals surface area contributed by atoms with Gasteiger partial charge in [-0.05, 0) is 66.1 Å². The van der Waals surface area contributed by atoms with Crippen molar-refractivity contribution in [2.75, 3.05) is 32.0 Å². The summed E-state index contributed by atoms with van der Waals surface area (Å²) >= 11 is 6.13. The molecule has 1 unspecified atom stereocenters. The second kappa shape index (κ2) is 8.40. The van der Waals surface area contributed by atoms with E-state index in [0.717, 1.165) is 48.7 Å². The second-order valence-corrected chi connectivity index (χ2v) is 8.92. The van der Waals surface area contributed by atoms with Crippen molar-refractivity contribution in [2.24, 2.45) is 0 Å². The number of nitrogens with one attached hydrogen (secondary N) is 3. The molecule has 0 spiro atoms. The fourth-order valence-corrected chi connectivity index (χ4v) is 5.12. The Morgan fingerprint density at radius 3 is 2.94 bits per heavy atom. The summed E-state index contributed by atoms with van der Waals surface area (Å²) in [5.74, 6) is 0.520. The van der Waals surface area contributed by atoms with E-state index >= 15 is 0 Å². The van der Waals surface area contributed by atoms with Crippen LogP contribution in [0.2, 0.25) is 5.02 Å². The Morgan fingerprint density at radius 2 is 2.13 bits per heavy atom.